The Labute approximate surface area is 67.5 Å². The molecule has 0 spiro atoms. The van der Waals surface area contributed by atoms with E-state index in [1.807, 2.05) is 6.92 Å². The molecule has 0 aromatic rings. The molecule has 0 fully saturated rings. The van der Waals surface area contributed by atoms with Gasteiger partial charge in [0.15, 0.2) is 0 Å². The van der Waals surface area contributed by atoms with E-state index in [1.165, 1.54) is 0 Å². The normalized spacial score (nSPS) is 13.2. The van der Waals surface area contributed by atoms with Gasteiger partial charge in [0.05, 0.1) is 7.11 Å². The summed E-state index contributed by atoms with van der Waals surface area (Å²) >= 11 is 0. The summed E-state index contributed by atoms with van der Waals surface area (Å²) in [5.74, 6) is 0. The fraction of sp³-hybridized carbons (Fsp3) is 1.00. The van der Waals surface area contributed by atoms with E-state index in [4.69, 9.17) is 10.3 Å². The van der Waals surface area contributed by atoms with Gasteiger partial charge in [-0.2, -0.15) is 8.42 Å². The molecule has 3 N–H and O–H groups in total. The van der Waals surface area contributed by atoms with Crippen LogP contribution in [0.25, 0.3) is 0 Å². The average molecular weight is 185 g/mol. The fourth-order valence-electron chi connectivity index (χ4n) is 0. The van der Waals surface area contributed by atoms with Crippen LogP contribution in [0.5, 0.6) is 0 Å². The Morgan fingerprint density at radius 3 is 1.82 bits per heavy atom. The molecule has 0 rings (SSSR count). The van der Waals surface area contributed by atoms with E-state index in [0.29, 0.717) is 6.04 Å². The van der Waals surface area contributed by atoms with E-state index < -0.39 is 10.4 Å². The smallest absolute Gasteiger partial charge is 0.328 e. The highest BCUT2D eigenvalue weighted by Crippen LogP contribution is 1.77. The van der Waals surface area contributed by atoms with Gasteiger partial charge in [0.1, 0.15) is 0 Å². The first-order valence-electron chi connectivity index (χ1n) is 3.12. The van der Waals surface area contributed by atoms with Crippen molar-refractivity contribution in [1.29, 1.82) is 0 Å². The molecule has 0 aliphatic heterocycles. The van der Waals surface area contributed by atoms with Crippen molar-refractivity contribution in [3.8, 4) is 0 Å². The van der Waals surface area contributed by atoms with Crippen LogP contribution in [0.3, 0.4) is 0 Å². The van der Waals surface area contributed by atoms with Crippen LogP contribution in [0.1, 0.15) is 20.3 Å². The van der Waals surface area contributed by atoms with Gasteiger partial charge in [-0.25, -0.2) is 0 Å². The molecule has 5 nitrogen and oxygen atoms in total. The second kappa shape index (κ2) is 6.53. The van der Waals surface area contributed by atoms with Crippen molar-refractivity contribution in [2.24, 2.45) is 5.73 Å². The third-order valence-electron chi connectivity index (χ3n) is 0.855. The van der Waals surface area contributed by atoms with Crippen LogP contribution >= 0.6 is 0 Å². The molecule has 0 radical (unpaired) electrons. The lowest BCUT2D eigenvalue weighted by Crippen LogP contribution is -2.11. The topological polar surface area (TPSA) is 89.6 Å². The van der Waals surface area contributed by atoms with Gasteiger partial charge in [0.2, 0.25) is 0 Å². The van der Waals surface area contributed by atoms with E-state index in [-0.39, 0.29) is 0 Å². The molecule has 1 unspecified atom stereocenters. The number of rotatable bonds is 2. The Morgan fingerprint density at radius 1 is 1.64 bits per heavy atom. The second-order valence-corrected chi connectivity index (χ2v) is 3.17. The largest absolute Gasteiger partial charge is 0.397 e. The van der Waals surface area contributed by atoms with E-state index in [1.54, 1.807) is 0 Å². The highest BCUT2D eigenvalue weighted by Gasteiger charge is 1.94. The minimum Gasteiger partial charge on any atom is -0.328 e. The van der Waals surface area contributed by atoms with Gasteiger partial charge >= 0.3 is 10.4 Å². The van der Waals surface area contributed by atoms with Crippen LogP contribution in [0.4, 0.5) is 0 Å². The van der Waals surface area contributed by atoms with Gasteiger partial charge in [-0.3, -0.25) is 8.74 Å². The summed E-state index contributed by atoms with van der Waals surface area (Å²) < 4.78 is 29.7. The summed E-state index contributed by atoms with van der Waals surface area (Å²) in [4.78, 5) is 0. The van der Waals surface area contributed by atoms with Crippen molar-refractivity contribution in [3.63, 3.8) is 0 Å². The van der Waals surface area contributed by atoms with Gasteiger partial charge in [-0.15, -0.1) is 0 Å². The maximum absolute atomic E-state index is 9.33. The molecule has 0 aromatic carbocycles. The van der Waals surface area contributed by atoms with Crippen LogP contribution in [0, 0.1) is 0 Å². The molecule has 0 amide bonds. The molecular formula is C5H15NO4S. The average Bonchev–Trinajstić information content (AvgIpc) is 1.88. The zero-order chi connectivity index (χ0) is 9.49. The van der Waals surface area contributed by atoms with Crippen molar-refractivity contribution in [2.45, 2.75) is 26.3 Å². The first kappa shape index (κ1) is 13.4. The maximum Gasteiger partial charge on any atom is 0.397 e. The molecule has 0 saturated carbocycles. The standard InChI is InChI=1S/C4H11N.CH4O4S/c1-3-4(2)5;1-5-6(2,3)4/h4H,3,5H2,1-2H3;1H3,(H,2,3,4). The van der Waals surface area contributed by atoms with Crippen LogP contribution in [-0.2, 0) is 14.6 Å². The Bertz CT molecular complexity index is 163. The quantitative estimate of drug-likeness (QED) is 0.599. The molecule has 0 saturated heterocycles. The monoisotopic (exact) mass is 185 g/mol. The van der Waals surface area contributed by atoms with Gasteiger partial charge in [0.25, 0.3) is 0 Å². The predicted molar refractivity (Wildman–Crippen MR) is 42.5 cm³/mol. The van der Waals surface area contributed by atoms with Crippen LogP contribution < -0.4 is 5.73 Å². The van der Waals surface area contributed by atoms with E-state index in [9.17, 15) is 8.42 Å². The molecule has 0 bridgehead atoms. The van der Waals surface area contributed by atoms with Crippen molar-refractivity contribution in [2.75, 3.05) is 7.11 Å². The molecule has 70 valence electrons. The number of hydrogen-bond donors (Lipinski definition) is 2. The molecule has 0 aliphatic rings. The number of hydrogen-bond acceptors (Lipinski definition) is 4. The minimum atomic E-state index is -4.16. The third kappa shape index (κ3) is 25.8. The minimum absolute atomic E-state index is 0.384. The summed E-state index contributed by atoms with van der Waals surface area (Å²) in [6.45, 7) is 4.07. The van der Waals surface area contributed by atoms with Crippen molar-refractivity contribution in [1.82, 2.24) is 0 Å². The SMILES string of the molecule is CCC(C)N.COS(=O)(=O)O. The van der Waals surface area contributed by atoms with Gasteiger partial charge in [-0.05, 0) is 13.3 Å². The van der Waals surface area contributed by atoms with Gasteiger partial charge in [0, 0.05) is 6.04 Å². The zero-order valence-electron chi connectivity index (χ0n) is 6.94. The summed E-state index contributed by atoms with van der Waals surface area (Å²) in [5.41, 5.74) is 5.29. The lowest BCUT2D eigenvalue weighted by Gasteiger charge is -1.91. The molecule has 11 heavy (non-hydrogen) atoms. The Kier molecular flexibility index (Phi) is 7.97. The predicted octanol–water partition coefficient (Wildman–Crippen LogP) is 0.179. The Balaban J connectivity index is 0. The molecule has 1 atom stereocenters. The zero-order valence-corrected chi connectivity index (χ0v) is 7.76. The molecular weight excluding hydrogens is 170 g/mol. The molecule has 6 heteroatoms. The maximum atomic E-state index is 9.33. The molecule has 0 heterocycles. The highest BCUT2D eigenvalue weighted by atomic mass is 32.3. The van der Waals surface area contributed by atoms with Gasteiger partial charge < -0.3 is 5.73 Å². The summed E-state index contributed by atoms with van der Waals surface area (Å²) in [6.07, 6.45) is 1.08. The van der Waals surface area contributed by atoms with E-state index >= 15 is 0 Å². The van der Waals surface area contributed by atoms with Crippen molar-refractivity contribution >= 4 is 10.4 Å². The first-order valence-corrected chi connectivity index (χ1v) is 4.48. The number of nitrogens with two attached hydrogens (primary N) is 1. The molecule has 0 aromatic heterocycles. The van der Waals surface area contributed by atoms with Gasteiger partial charge in [-0.1, -0.05) is 6.92 Å². The van der Waals surface area contributed by atoms with Crippen molar-refractivity contribution in [3.05, 3.63) is 0 Å². The lowest BCUT2D eigenvalue weighted by atomic mass is 10.3. The van der Waals surface area contributed by atoms with E-state index in [2.05, 4.69) is 11.1 Å². The highest BCUT2D eigenvalue weighted by molar-refractivity contribution is 7.80. The van der Waals surface area contributed by atoms with Crippen LogP contribution in [-0.4, -0.2) is 26.1 Å². The van der Waals surface area contributed by atoms with Crippen molar-refractivity contribution < 1.29 is 17.2 Å². The molecule has 0 aliphatic carbocycles. The lowest BCUT2D eigenvalue weighted by molar-refractivity contribution is 0.324. The second-order valence-electron chi connectivity index (χ2n) is 1.98. The van der Waals surface area contributed by atoms with Crippen LogP contribution in [0.15, 0.2) is 0 Å². The summed E-state index contributed by atoms with van der Waals surface area (Å²) in [6, 6.07) is 0.384. The third-order valence-corrected chi connectivity index (χ3v) is 1.28. The van der Waals surface area contributed by atoms with Crippen LogP contribution in [0.2, 0.25) is 0 Å². The summed E-state index contributed by atoms with van der Waals surface area (Å²) in [7, 11) is -3.29. The Hall–Kier alpha value is -0.170. The fourth-order valence-corrected chi connectivity index (χ4v) is 0. The Morgan fingerprint density at radius 2 is 1.82 bits per heavy atom. The first-order chi connectivity index (χ1) is 4.83. The summed E-state index contributed by atoms with van der Waals surface area (Å²) in [5, 5.41) is 0. The van der Waals surface area contributed by atoms with E-state index in [0.717, 1.165) is 13.5 Å².